The summed E-state index contributed by atoms with van der Waals surface area (Å²) in [6.07, 6.45) is 0.455. The Morgan fingerprint density at radius 3 is 2.50 bits per heavy atom. The van der Waals surface area contributed by atoms with Gasteiger partial charge >= 0.3 is 0 Å². The lowest BCUT2D eigenvalue weighted by molar-refractivity contribution is -0.121. The number of nitrogens with one attached hydrogen (secondary N) is 1. The monoisotopic (exact) mass is 432 g/mol. The summed E-state index contributed by atoms with van der Waals surface area (Å²) >= 11 is 4.70. The van der Waals surface area contributed by atoms with Crippen molar-refractivity contribution in [2.24, 2.45) is 0 Å². The fourth-order valence-corrected chi connectivity index (χ4v) is 3.99. The molecule has 1 aliphatic heterocycles. The molecule has 0 aliphatic carbocycles. The molecule has 1 aliphatic rings. The number of benzene rings is 2. The molecule has 3 amide bonds. The third-order valence-corrected chi connectivity index (χ3v) is 5.63. The number of carbonyl (C=O) groups is 3. The zero-order valence-corrected chi connectivity index (χ0v) is 16.3. The molecule has 26 heavy (non-hydrogen) atoms. The third kappa shape index (κ3) is 4.53. The van der Waals surface area contributed by atoms with Crippen LogP contribution in [0.15, 0.2) is 59.1 Å². The van der Waals surface area contributed by atoms with Crippen LogP contribution >= 0.6 is 27.7 Å². The van der Waals surface area contributed by atoms with E-state index in [-0.39, 0.29) is 30.6 Å². The summed E-state index contributed by atoms with van der Waals surface area (Å²) in [5.74, 6) is -0.0386. The number of para-hydroxylation sites is 1. The highest BCUT2D eigenvalue weighted by Crippen LogP contribution is 2.29. The van der Waals surface area contributed by atoms with E-state index in [0.29, 0.717) is 11.4 Å². The van der Waals surface area contributed by atoms with Crippen molar-refractivity contribution in [3.8, 4) is 0 Å². The van der Waals surface area contributed by atoms with Gasteiger partial charge in [0.2, 0.25) is 17.7 Å². The van der Waals surface area contributed by atoms with Crippen molar-refractivity contribution in [1.29, 1.82) is 0 Å². The quantitative estimate of drug-likeness (QED) is 0.703. The van der Waals surface area contributed by atoms with Crippen molar-refractivity contribution in [2.45, 2.75) is 18.1 Å². The second-order valence-corrected chi connectivity index (χ2v) is 8.00. The minimum absolute atomic E-state index is 0.114. The smallest absolute Gasteiger partial charge is 0.247 e. The molecule has 0 saturated carbocycles. The molecular weight excluding hydrogens is 416 g/mol. The van der Waals surface area contributed by atoms with Crippen LogP contribution in [0.3, 0.4) is 0 Å². The predicted molar refractivity (Wildman–Crippen MR) is 107 cm³/mol. The van der Waals surface area contributed by atoms with E-state index in [1.165, 1.54) is 16.7 Å². The van der Waals surface area contributed by atoms with Crippen molar-refractivity contribution >= 4 is 56.8 Å². The highest BCUT2D eigenvalue weighted by atomic mass is 79.9. The van der Waals surface area contributed by atoms with Gasteiger partial charge in [-0.15, -0.1) is 11.8 Å². The Labute approximate surface area is 164 Å². The standard InChI is InChI=1S/C19H17BrN2O3S/c20-13-6-8-14(9-7-13)21-17(23)10-11-26-16-12-18(24)22(19(16)25)15-4-2-1-3-5-15/h1-9,16H,10-12H2,(H,21,23)/t16-/m1/s1. The first-order chi connectivity index (χ1) is 12.5. The van der Waals surface area contributed by atoms with Crippen LogP contribution < -0.4 is 10.2 Å². The molecule has 1 N–H and O–H groups in total. The lowest BCUT2D eigenvalue weighted by atomic mass is 10.3. The summed E-state index contributed by atoms with van der Waals surface area (Å²) in [4.78, 5) is 37.9. The molecule has 0 unspecified atom stereocenters. The minimum Gasteiger partial charge on any atom is -0.326 e. The molecule has 1 heterocycles. The van der Waals surface area contributed by atoms with Crippen molar-refractivity contribution in [2.75, 3.05) is 16.0 Å². The SMILES string of the molecule is O=C(CCS[C@@H]1CC(=O)N(c2ccccc2)C1=O)Nc1ccc(Br)cc1. The van der Waals surface area contributed by atoms with Crippen LogP contribution in [0.2, 0.25) is 0 Å². The fourth-order valence-electron chi connectivity index (χ4n) is 2.63. The Morgan fingerprint density at radius 2 is 1.81 bits per heavy atom. The Balaban J connectivity index is 1.49. The molecular formula is C19H17BrN2O3S. The van der Waals surface area contributed by atoms with E-state index in [1.807, 2.05) is 30.3 Å². The number of thioether (sulfide) groups is 1. The van der Waals surface area contributed by atoms with Gasteiger partial charge in [-0.3, -0.25) is 14.4 Å². The van der Waals surface area contributed by atoms with Gasteiger partial charge in [-0.2, -0.15) is 0 Å². The number of carbonyl (C=O) groups excluding carboxylic acids is 3. The van der Waals surface area contributed by atoms with Crippen LogP contribution in [0, 0.1) is 0 Å². The number of anilines is 2. The number of hydrogen-bond acceptors (Lipinski definition) is 4. The topological polar surface area (TPSA) is 66.5 Å². The lowest BCUT2D eigenvalue weighted by Gasteiger charge is -2.14. The Morgan fingerprint density at radius 1 is 1.12 bits per heavy atom. The first-order valence-electron chi connectivity index (χ1n) is 8.13. The molecule has 1 fully saturated rings. The van der Waals surface area contributed by atoms with Crippen LogP contribution in [-0.4, -0.2) is 28.7 Å². The summed E-state index contributed by atoms with van der Waals surface area (Å²) in [7, 11) is 0. The Hall–Kier alpha value is -2.12. The molecule has 0 radical (unpaired) electrons. The van der Waals surface area contributed by atoms with E-state index in [4.69, 9.17) is 0 Å². The maximum absolute atomic E-state index is 12.5. The molecule has 2 aromatic rings. The van der Waals surface area contributed by atoms with Crippen molar-refractivity contribution in [1.82, 2.24) is 0 Å². The highest BCUT2D eigenvalue weighted by Gasteiger charge is 2.39. The zero-order chi connectivity index (χ0) is 18.5. The third-order valence-electron chi connectivity index (χ3n) is 3.90. The van der Waals surface area contributed by atoms with Crippen molar-refractivity contribution in [3.63, 3.8) is 0 Å². The normalized spacial score (nSPS) is 16.8. The second-order valence-electron chi connectivity index (χ2n) is 5.77. The van der Waals surface area contributed by atoms with E-state index >= 15 is 0 Å². The number of amides is 3. The van der Waals surface area contributed by atoms with Crippen LogP contribution in [0.4, 0.5) is 11.4 Å². The molecule has 2 aromatic carbocycles. The van der Waals surface area contributed by atoms with Crippen molar-refractivity contribution in [3.05, 3.63) is 59.1 Å². The van der Waals surface area contributed by atoms with Crippen LogP contribution in [0.25, 0.3) is 0 Å². The van der Waals surface area contributed by atoms with E-state index in [2.05, 4.69) is 21.2 Å². The molecule has 5 nitrogen and oxygen atoms in total. The van der Waals surface area contributed by atoms with Crippen molar-refractivity contribution < 1.29 is 14.4 Å². The van der Waals surface area contributed by atoms with Gasteiger partial charge in [0, 0.05) is 28.8 Å². The van der Waals surface area contributed by atoms with Crippen LogP contribution in [0.1, 0.15) is 12.8 Å². The van der Waals surface area contributed by atoms with Crippen LogP contribution in [0.5, 0.6) is 0 Å². The zero-order valence-electron chi connectivity index (χ0n) is 13.9. The lowest BCUT2D eigenvalue weighted by Crippen LogP contribution is -2.31. The number of hydrogen-bond donors (Lipinski definition) is 1. The van der Waals surface area contributed by atoms with Gasteiger partial charge in [0.25, 0.3) is 0 Å². The minimum atomic E-state index is -0.428. The van der Waals surface area contributed by atoms with E-state index < -0.39 is 5.25 Å². The average Bonchev–Trinajstić information content (AvgIpc) is 2.91. The van der Waals surface area contributed by atoms with Crippen LogP contribution in [-0.2, 0) is 14.4 Å². The number of imide groups is 1. The van der Waals surface area contributed by atoms with E-state index in [1.54, 1.807) is 24.3 Å². The largest absolute Gasteiger partial charge is 0.326 e. The van der Waals surface area contributed by atoms with Gasteiger partial charge in [0.05, 0.1) is 10.9 Å². The van der Waals surface area contributed by atoms with E-state index in [0.717, 1.165) is 10.2 Å². The maximum Gasteiger partial charge on any atom is 0.247 e. The van der Waals surface area contributed by atoms with Gasteiger partial charge in [-0.25, -0.2) is 4.90 Å². The van der Waals surface area contributed by atoms with E-state index in [9.17, 15) is 14.4 Å². The second kappa shape index (κ2) is 8.51. The summed E-state index contributed by atoms with van der Waals surface area (Å²) in [6.45, 7) is 0. The molecule has 1 atom stereocenters. The van der Waals surface area contributed by atoms with Gasteiger partial charge in [-0.1, -0.05) is 34.1 Å². The fraction of sp³-hybridized carbons (Fsp3) is 0.211. The summed E-state index contributed by atoms with van der Waals surface area (Å²) < 4.78 is 0.943. The van der Waals surface area contributed by atoms with Gasteiger partial charge in [0.15, 0.2) is 0 Å². The Bertz CT molecular complexity index is 811. The molecule has 0 bridgehead atoms. The van der Waals surface area contributed by atoms with Gasteiger partial charge in [0.1, 0.15) is 0 Å². The predicted octanol–water partition coefficient (Wildman–Crippen LogP) is 3.84. The number of nitrogens with zero attached hydrogens (tertiary/aromatic N) is 1. The number of halogens is 1. The molecule has 0 aromatic heterocycles. The summed E-state index contributed by atoms with van der Waals surface area (Å²) in [6, 6.07) is 16.2. The summed E-state index contributed by atoms with van der Waals surface area (Å²) in [5, 5.41) is 2.39. The Kier molecular flexibility index (Phi) is 6.11. The molecule has 7 heteroatoms. The molecule has 1 saturated heterocycles. The van der Waals surface area contributed by atoms with Gasteiger partial charge in [-0.05, 0) is 36.4 Å². The first-order valence-corrected chi connectivity index (χ1v) is 9.97. The number of rotatable bonds is 6. The maximum atomic E-state index is 12.5. The molecule has 0 spiro atoms. The highest BCUT2D eigenvalue weighted by molar-refractivity contribution is 9.10. The first kappa shape index (κ1) is 18.7. The molecule has 3 rings (SSSR count). The average molecular weight is 433 g/mol. The molecule has 134 valence electrons. The van der Waals surface area contributed by atoms with Gasteiger partial charge < -0.3 is 5.32 Å². The summed E-state index contributed by atoms with van der Waals surface area (Å²) in [5.41, 5.74) is 1.32.